The summed E-state index contributed by atoms with van der Waals surface area (Å²) < 4.78 is 4.95. The molecule has 1 aliphatic carbocycles. The number of nitrogens with zero attached hydrogens (tertiary/aromatic N) is 2. The summed E-state index contributed by atoms with van der Waals surface area (Å²) in [6.45, 7) is 0.355. The van der Waals surface area contributed by atoms with E-state index in [1.165, 1.54) is 37.9 Å². The molecule has 1 atom stereocenters. The van der Waals surface area contributed by atoms with Crippen LogP contribution in [0.25, 0.3) is 11.0 Å². The van der Waals surface area contributed by atoms with E-state index < -0.39 is 11.5 Å². The van der Waals surface area contributed by atoms with Gasteiger partial charge in [-0.2, -0.15) is 4.98 Å². The fraction of sp³-hybridized carbons (Fsp3) is 0.375. The molecule has 1 unspecified atom stereocenters. The smallest absolute Gasteiger partial charge is 0.318 e. The summed E-state index contributed by atoms with van der Waals surface area (Å²) in [4.78, 5) is 48.9. The summed E-state index contributed by atoms with van der Waals surface area (Å²) in [5.41, 5.74) is 5.92. The Hall–Kier alpha value is -3.50. The lowest BCUT2D eigenvalue weighted by molar-refractivity contribution is 0.0914. The first kappa shape index (κ1) is 24.6. The van der Waals surface area contributed by atoms with Crippen LogP contribution in [0.4, 0.5) is 5.69 Å². The largest absolute Gasteiger partial charge is 0.467 e. The number of nitrogens with one attached hydrogen (secondary N) is 3. The molecule has 4 rings (SSSR count). The first-order chi connectivity index (χ1) is 16.9. The molecule has 2 aromatic heterocycles. The highest BCUT2D eigenvalue weighted by atomic mass is 35.5. The van der Waals surface area contributed by atoms with E-state index >= 15 is 0 Å². The molecule has 1 aliphatic rings. The van der Waals surface area contributed by atoms with Crippen LogP contribution in [-0.2, 0) is 0 Å². The predicted octanol–water partition coefficient (Wildman–Crippen LogP) is 2.87. The highest BCUT2D eigenvalue weighted by Crippen LogP contribution is 2.27. The first-order valence-electron chi connectivity index (χ1n) is 11.5. The zero-order chi connectivity index (χ0) is 24.9. The molecule has 2 amide bonds. The number of fused-ring (bicyclic) bond motifs is 1. The van der Waals surface area contributed by atoms with Crippen LogP contribution >= 0.6 is 11.6 Å². The van der Waals surface area contributed by atoms with Gasteiger partial charge in [-0.3, -0.25) is 14.4 Å². The maximum absolute atomic E-state index is 12.9. The van der Waals surface area contributed by atoms with Gasteiger partial charge in [0.25, 0.3) is 17.4 Å². The third kappa shape index (κ3) is 5.60. The number of methoxy groups -OCH3 is 1. The van der Waals surface area contributed by atoms with E-state index in [0.717, 1.165) is 25.7 Å². The number of rotatable bonds is 7. The Labute approximate surface area is 206 Å². The second-order valence-corrected chi connectivity index (χ2v) is 8.94. The van der Waals surface area contributed by atoms with Crippen LogP contribution in [0.3, 0.4) is 0 Å². The molecule has 1 saturated carbocycles. The maximum atomic E-state index is 12.9. The molecule has 0 radical (unpaired) electrons. The fourth-order valence-corrected chi connectivity index (χ4v) is 4.52. The topological polar surface area (TPSA) is 152 Å². The number of hydrogen-bond donors (Lipinski definition) is 4. The van der Waals surface area contributed by atoms with Gasteiger partial charge in [0.15, 0.2) is 0 Å². The number of halogens is 1. The van der Waals surface area contributed by atoms with Gasteiger partial charge in [0.1, 0.15) is 11.2 Å². The molecular formula is C24H27ClN6O4. The normalized spacial score (nSPS) is 14.9. The molecule has 3 aromatic rings. The molecule has 2 heterocycles. The minimum absolute atomic E-state index is 0.0904. The summed E-state index contributed by atoms with van der Waals surface area (Å²) in [7, 11) is 1.41. The third-order valence-electron chi connectivity index (χ3n) is 6.26. The summed E-state index contributed by atoms with van der Waals surface area (Å²) in [5, 5.41) is 6.32. The number of aromatic amines is 1. The minimum Gasteiger partial charge on any atom is -0.467 e. The van der Waals surface area contributed by atoms with Crippen LogP contribution in [0.15, 0.2) is 35.3 Å². The van der Waals surface area contributed by atoms with Crippen molar-refractivity contribution in [2.24, 2.45) is 11.7 Å². The minimum atomic E-state index is -0.689. The average molecular weight is 499 g/mol. The number of H-pyrrole nitrogens is 1. The number of amides is 2. The van der Waals surface area contributed by atoms with Gasteiger partial charge in [0.05, 0.1) is 17.8 Å². The van der Waals surface area contributed by atoms with Crippen molar-refractivity contribution < 1.29 is 14.3 Å². The Kier molecular flexibility index (Phi) is 7.62. The predicted molar refractivity (Wildman–Crippen MR) is 133 cm³/mol. The molecule has 184 valence electrons. The van der Waals surface area contributed by atoms with Crippen molar-refractivity contribution in [1.29, 1.82) is 0 Å². The van der Waals surface area contributed by atoms with Crippen LogP contribution in [0, 0.1) is 5.92 Å². The Morgan fingerprint density at radius 3 is 2.71 bits per heavy atom. The van der Waals surface area contributed by atoms with Gasteiger partial charge in [0, 0.05) is 29.7 Å². The Morgan fingerprint density at radius 1 is 1.23 bits per heavy atom. The lowest BCUT2D eigenvalue weighted by Gasteiger charge is -2.30. The average Bonchev–Trinajstić information content (AvgIpc) is 2.88. The molecule has 10 nitrogen and oxygen atoms in total. The van der Waals surface area contributed by atoms with Crippen LogP contribution in [0.1, 0.15) is 52.8 Å². The Bertz CT molecular complexity index is 1300. The van der Waals surface area contributed by atoms with E-state index in [2.05, 4.69) is 25.6 Å². The van der Waals surface area contributed by atoms with E-state index in [9.17, 15) is 14.4 Å². The molecule has 0 saturated heterocycles. The molecule has 11 heteroatoms. The fourth-order valence-electron chi connectivity index (χ4n) is 4.35. The number of nitrogens with two attached hydrogens (primary N) is 1. The van der Waals surface area contributed by atoms with Crippen LogP contribution < -0.4 is 26.7 Å². The molecule has 0 spiro atoms. The third-order valence-corrected chi connectivity index (χ3v) is 6.59. The number of pyridine rings is 1. The van der Waals surface area contributed by atoms with E-state index in [1.54, 1.807) is 6.07 Å². The quantitative estimate of drug-likeness (QED) is 0.390. The monoisotopic (exact) mass is 498 g/mol. The summed E-state index contributed by atoms with van der Waals surface area (Å²) >= 11 is 6.27. The molecule has 0 aliphatic heterocycles. The number of ether oxygens (including phenoxy) is 1. The number of hydrogen-bond acceptors (Lipinski definition) is 7. The van der Waals surface area contributed by atoms with Crippen molar-refractivity contribution in [3.8, 4) is 6.01 Å². The SMILES string of the molecule is COc1ncc2cc(C(=O)Nc3cc(C(=O)NC(CN)C4CCCCC4)ccc3Cl)c(=O)[nH]c2n1. The van der Waals surface area contributed by atoms with Crippen LogP contribution in [0.5, 0.6) is 6.01 Å². The standard InChI is InChI=1S/C24H27ClN6O4/c1-35-24-27-12-15-9-16(23(34)30-20(15)31-24)22(33)28-18-10-14(7-8-17(18)25)21(32)29-19(11-26)13-5-3-2-4-6-13/h7-10,12-13,19H,2-6,11,26H2,1H3,(H,28,33)(H,29,32)(H,27,30,31,34). The number of anilines is 1. The van der Waals surface area contributed by atoms with Crippen LogP contribution in [0.2, 0.25) is 5.02 Å². The Morgan fingerprint density at radius 2 is 2.00 bits per heavy atom. The van der Waals surface area contributed by atoms with Gasteiger partial charge >= 0.3 is 6.01 Å². The van der Waals surface area contributed by atoms with Crippen molar-refractivity contribution in [1.82, 2.24) is 20.3 Å². The van der Waals surface area contributed by atoms with Crippen molar-refractivity contribution >= 4 is 40.1 Å². The number of benzene rings is 1. The molecule has 35 heavy (non-hydrogen) atoms. The molecule has 5 N–H and O–H groups in total. The number of carbonyl (C=O) groups excluding carboxylic acids is 2. The van der Waals surface area contributed by atoms with Gasteiger partial charge in [-0.05, 0) is 43.0 Å². The lowest BCUT2D eigenvalue weighted by atomic mass is 9.84. The lowest BCUT2D eigenvalue weighted by Crippen LogP contribution is -2.45. The van der Waals surface area contributed by atoms with Crippen LogP contribution in [-0.4, -0.2) is 46.5 Å². The highest BCUT2D eigenvalue weighted by molar-refractivity contribution is 6.34. The van der Waals surface area contributed by atoms with E-state index in [-0.39, 0.29) is 39.9 Å². The number of aromatic nitrogens is 3. The van der Waals surface area contributed by atoms with E-state index in [0.29, 0.717) is 23.4 Å². The van der Waals surface area contributed by atoms with Crippen molar-refractivity contribution in [3.05, 3.63) is 57.0 Å². The van der Waals surface area contributed by atoms with Gasteiger partial charge in [0.2, 0.25) is 0 Å². The van der Waals surface area contributed by atoms with E-state index in [4.69, 9.17) is 22.1 Å². The summed E-state index contributed by atoms with van der Waals surface area (Å²) in [6.07, 6.45) is 7.02. The van der Waals surface area contributed by atoms with Gasteiger partial charge in [-0.1, -0.05) is 30.9 Å². The zero-order valence-electron chi connectivity index (χ0n) is 19.3. The van der Waals surface area contributed by atoms with Crippen molar-refractivity contribution in [2.75, 3.05) is 19.0 Å². The second-order valence-electron chi connectivity index (χ2n) is 8.54. The number of carbonyl (C=O) groups is 2. The van der Waals surface area contributed by atoms with Gasteiger partial charge in [-0.15, -0.1) is 0 Å². The maximum Gasteiger partial charge on any atom is 0.318 e. The highest BCUT2D eigenvalue weighted by Gasteiger charge is 2.25. The zero-order valence-corrected chi connectivity index (χ0v) is 20.0. The van der Waals surface area contributed by atoms with Gasteiger partial charge in [-0.25, -0.2) is 4.98 Å². The molecule has 1 fully saturated rings. The molecular weight excluding hydrogens is 472 g/mol. The van der Waals surface area contributed by atoms with E-state index in [1.807, 2.05) is 0 Å². The summed E-state index contributed by atoms with van der Waals surface area (Å²) in [6, 6.07) is 5.93. The molecule has 1 aromatic carbocycles. The Balaban J connectivity index is 1.52. The van der Waals surface area contributed by atoms with Crippen molar-refractivity contribution in [2.45, 2.75) is 38.1 Å². The summed E-state index contributed by atoms with van der Waals surface area (Å²) in [5.74, 6) is -0.633. The van der Waals surface area contributed by atoms with Gasteiger partial charge < -0.3 is 26.1 Å². The second kappa shape index (κ2) is 10.8. The molecule has 0 bridgehead atoms. The first-order valence-corrected chi connectivity index (χ1v) is 11.8. The van der Waals surface area contributed by atoms with Crippen molar-refractivity contribution in [3.63, 3.8) is 0 Å².